The first kappa shape index (κ1) is 18.8. The molecule has 138 valence electrons. The molecule has 2 aromatic carbocycles. The van der Waals surface area contributed by atoms with Crippen molar-refractivity contribution in [1.29, 1.82) is 10.5 Å². The van der Waals surface area contributed by atoms with E-state index in [0.29, 0.717) is 17.1 Å². The average Bonchev–Trinajstić information content (AvgIpc) is 2.68. The van der Waals surface area contributed by atoms with Crippen LogP contribution in [0, 0.1) is 22.7 Å². The van der Waals surface area contributed by atoms with Crippen molar-refractivity contribution in [3.05, 3.63) is 75.6 Å². The Morgan fingerprint density at radius 2 is 1.57 bits per heavy atom. The number of nitrogens with two attached hydrogens (primary N) is 1. The summed E-state index contributed by atoms with van der Waals surface area (Å²) in [6.07, 6.45) is 0. The van der Waals surface area contributed by atoms with Crippen LogP contribution in [0.25, 0.3) is 11.1 Å². The Morgan fingerprint density at radius 1 is 0.964 bits per heavy atom. The molecule has 0 aliphatic carbocycles. The lowest BCUT2D eigenvalue weighted by molar-refractivity contribution is 0.475. The van der Waals surface area contributed by atoms with Gasteiger partial charge in [0.25, 0.3) is 5.56 Å². The fourth-order valence-corrected chi connectivity index (χ4v) is 3.04. The van der Waals surface area contributed by atoms with Gasteiger partial charge in [-0.2, -0.15) is 10.5 Å². The molecule has 0 aliphatic rings. The van der Waals surface area contributed by atoms with Gasteiger partial charge in [-0.3, -0.25) is 4.79 Å². The highest BCUT2D eigenvalue weighted by atomic mass is 16.5. The van der Waals surface area contributed by atoms with Crippen LogP contribution in [0.5, 0.6) is 11.5 Å². The second-order valence-electron chi connectivity index (χ2n) is 6.51. The van der Waals surface area contributed by atoms with Gasteiger partial charge in [0.15, 0.2) is 0 Å². The van der Waals surface area contributed by atoms with Crippen molar-refractivity contribution in [3.63, 3.8) is 0 Å². The summed E-state index contributed by atoms with van der Waals surface area (Å²) in [6, 6.07) is 18.5. The molecule has 1 heterocycles. The van der Waals surface area contributed by atoms with E-state index in [-0.39, 0.29) is 28.4 Å². The molecule has 1 aromatic heterocycles. The van der Waals surface area contributed by atoms with Gasteiger partial charge in [-0.05, 0) is 23.6 Å². The zero-order valence-corrected chi connectivity index (χ0v) is 15.5. The largest absolute Gasteiger partial charge is 0.456 e. The highest BCUT2D eigenvalue weighted by Gasteiger charge is 2.21. The number of anilines is 1. The molecular weight excluding hydrogens is 352 g/mol. The number of H-pyrrole nitrogens is 1. The lowest BCUT2D eigenvalue weighted by atomic mass is 9.95. The van der Waals surface area contributed by atoms with Crippen molar-refractivity contribution in [3.8, 4) is 34.8 Å². The summed E-state index contributed by atoms with van der Waals surface area (Å²) in [6.45, 7) is 4.13. The molecule has 3 N–H and O–H groups in total. The average molecular weight is 370 g/mol. The second kappa shape index (κ2) is 7.69. The predicted molar refractivity (Wildman–Crippen MR) is 107 cm³/mol. The van der Waals surface area contributed by atoms with E-state index in [2.05, 4.69) is 18.8 Å². The first-order valence-corrected chi connectivity index (χ1v) is 8.70. The molecule has 0 fully saturated rings. The minimum absolute atomic E-state index is 0.0318. The Kier molecular flexibility index (Phi) is 5.15. The van der Waals surface area contributed by atoms with Crippen LogP contribution >= 0.6 is 0 Å². The van der Waals surface area contributed by atoms with Crippen molar-refractivity contribution in [1.82, 2.24) is 4.98 Å². The SMILES string of the molecule is CC(C)c1ccccc1Oc1ccccc1-c1c(C#N)c(N)[nH]c(=O)c1C#N. The van der Waals surface area contributed by atoms with Crippen molar-refractivity contribution < 1.29 is 4.74 Å². The van der Waals surface area contributed by atoms with Gasteiger partial charge in [-0.1, -0.05) is 50.2 Å². The quantitative estimate of drug-likeness (QED) is 0.711. The van der Waals surface area contributed by atoms with Crippen LogP contribution in [0.3, 0.4) is 0 Å². The maximum absolute atomic E-state index is 12.2. The summed E-state index contributed by atoms with van der Waals surface area (Å²) >= 11 is 0. The van der Waals surface area contributed by atoms with Crippen molar-refractivity contribution in [2.75, 3.05) is 5.73 Å². The molecule has 0 saturated carbocycles. The Bertz CT molecular complexity index is 1180. The minimum atomic E-state index is -0.647. The molecule has 3 aromatic rings. The highest BCUT2D eigenvalue weighted by Crippen LogP contribution is 2.38. The van der Waals surface area contributed by atoms with E-state index in [1.165, 1.54) is 0 Å². The van der Waals surface area contributed by atoms with Gasteiger partial charge in [0.2, 0.25) is 0 Å². The van der Waals surface area contributed by atoms with E-state index in [0.717, 1.165) is 5.56 Å². The van der Waals surface area contributed by atoms with Crippen molar-refractivity contribution in [2.45, 2.75) is 19.8 Å². The molecule has 6 nitrogen and oxygen atoms in total. The zero-order valence-electron chi connectivity index (χ0n) is 15.5. The van der Waals surface area contributed by atoms with Crippen molar-refractivity contribution >= 4 is 5.82 Å². The molecule has 0 atom stereocenters. The van der Waals surface area contributed by atoms with Crippen LogP contribution in [0.4, 0.5) is 5.82 Å². The third kappa shape index (κ3) is 3.32. The Labute approximate surface area is 162 Å². The molecular formula is C22H18N4O2. The smallest absolute Gasteiger partial charge is 0.268 e. The van der Waals surface area contributed by atoms with Crippen molar-refractivity contribution in [2.24, 2.45) is 0 Å². The van der Waals surface area contributed by atoms with Gasteiger partial charge in [-0.15, -0.1) is 0 Å². The Balaban J connectivity index is 2.26. The number of ether oxygens (including phenoxy) is 1. The number of nitrogens with zero attached hydrogens (tertiary/aromatic N) is 2. The molecule has 0 saturated heterocycles. The fraction of sp³-hybridized carbons (Fsp3) is 0.136. The lowest BCUT2D eigenvalue weighted by Crippen LogP contribution is -2.16. The summed E-state index contributed by atoms with van der Waals surface area (Å²) in [5.74, 6) is 1.25. The Hall–Kier alpha value is -4.03. The van der Waals surface area contributed by atoms with E-state index >= 15 is 0 Å². The summed E-state index contributed by atoms with van der Waals surface area (Å²) in [4.78, 5) is 14.6. The third-order valence-electron chi connectivity index (χ3n) is 4.39. The number of nitriles is 2. The van der Waals surface area contributed by atoms with Crippen LogP contribution < -0.4 is 16.0 Å². The fourth-order valence-electron chi connectivity index (χ4n) is 3.04. The maximum Gasteiger partial charge on any atom is 0.268 e. The summed E-state index contributed by atoms with van der Waals surface area (Å²) in [7, 11) is 0. The molecule has 0 radical (unpaired) electrons. The molecule has 0 spiro atoms. The first-order chi connectivity index (χ1) is 13.5. The van der Waals surface area contributed by atoms with E-state index in [1.54, 1.807) is 24.3 Å². The lowest BCUT2D eigenvalue weighted by Gasteiger charge is -2.17. The number of para-hydroxylation sites is 2. The van der Waals surface area contributed by atoms with Crippen LogP contribution in [0.2, 0.25) is 0 Å². The van der Waals surface area contributed by atoms with E-state index in [1.807, 2.05) is 36.4 Å². The van der Waals surface area contributed by atoms with Gasteiger partial charge in [-0.25, -0.2) is 0 Å². The molecule has 3 rings (SSSR count). The highest BCUT2D eigenvalue weighted by molar-refractivity contribution is 5.83. The number of nitrogens with one attached hydrogen (secondary N) is 1. The molecule has 0 amide bonds. The van der Waals surface area contributed by atoms with Crippen LogP contribution in [-0.2, 0) is 0 Å². The number of rotatable bonds is 4. The monoisotopic (exact) mass is 370 g/mol. The maximum atomic E-state index is 12.2. The minimum Gasteiger partial charge on any atom is -0.456 e. The van der Waals surface area contributed by atoms with E-state index in [9.17, 15) is 15.3 Å². The molecule has 6 heteroatoms. The Morgan fingerprint density at radius 3 is 2.21 bits per heavy atom. The standard InChI is InChI=1S/C22H18N4O2/c1-13(2)14-7-3-5-9-18(14)28-19-10-6-4-8-15(19)20-16(11-23)21(25)26-22(27)17(20)12-24/h3-10,13H,1-2H3,(H3,25,26,27). The van der Waals surface area contributed by atoms with Gasteiger partial charge in [0.05, 0.1) is 0 Å². The predicted octanol–water partition coefficient (Wildman–Crippen LogP) is 4.28. The van der Waals surface area contributed by atoms with Crippen LogP contribution in [0.15, 0.2) is 53.3 Å². The van der Waals surface area contributed by atoms with E-state index in [4.69, 9.17) is 10.5 Å². The zero-order chi connectivity index (χ0) is 20.3. The molecule has 0 aliphatic heterocycles. The summed E-state index contributed by atoms with van der Waals surface area (Å²) in [5.41, 5.74) is 6.67. The molecule has 0 unspecified atom stereocenters. The van der Waals surface area contributed by atoms with Crippen LogP contribution in [0.1, 0.15) is 36.5 Å². The number of benzene rings is 2. The number of hydrogen-bond donors (Lipinski definition) is 2. The molecule has 0 bridgehead atoms. The van der Waals surface area contributed by atoms with Gasteiger partial charge in [0.1, 0.15) is 40.6 Å². The number of aromatic nitrogens is 1. The third-order valence-corrected chi connectivity index (χ3v) is 4.39. The topological polar surface area (TPSA) is 116 Å². The van der Waals surface area contributed by atoms with Gasteiger partial charge >= 0.3 is 0 Å². The number of pyridine rings is 1. The summed E-state index contributed by atoms with van der Waals surface area (Å²) < 4.78 is 6.16. The van der Waals surface area contributed by atoms with Gasteiger partial charge < -0.3 is 15.5 Å². The number of aromatic amines is 1. The van der Waals surface area contributed by atoms with Gasteiger partial charge in [0, 0.05) is 11.1 Å². The summed E-state index contributed by atoms with van der Waals surface area (Å²) in [5, 5.41) is 19.1. The number of hydrogen-bond acceptors (Lipinski definition) is 5. The normalized spacial score (nSPS) is 10.3. The van der Waals surface area contributed by atoms with Crippen LogP contribution in [-0.4, -0.2) is 4.98 Å². The second-order valence-corrected chi connectivity index (χ2v) is 6.51. The number of nitrogen functional groups attached to an aromatic ring is 1. The first-order valence-electron chi connectivity index (χ1n) is 8.70. The van der Waals surface area contributed by atoms with E-state index < -0.39 is 5.56 Å². The molecule has 28 heavy (non-hydrogen) atoms.